The highest BCUT2D eigenvalue weighted by molar-refractivity contribution is 7.99. The van der Waals surface area contributed by atoms with Gasteiger partial charge in [-0.15, -0.1) is 0 Å². The Morgan fingerprint density at radius 2 is 2.40 bits per heavy atom. The molecular weight excluding hydrogens is 140 g/mol. The van der Waals surface area contributed by atoms with Crippen LogP contribution < -0.4 is 0 Å². The van der Waals surface area contributed by atoms with E-state index in [9.17, 15) is 0 Å². The summed E-state index contributed by atoms with van der Waals surface area (Å²) in [4.78, 5) is 0. The van der Waals surface area contributed by atoms with Crippen molar-refractivity contribution in [2.45, 2.75) is 6.92 Å². The number of fused-ring (bicyclic) bond motifs is 1. The van der Waals surface area contributed by atoms with E-state index in [1.54, 1.807) is 5.57 Å². The number of hydrogen-bond acceptors (Lipinski definition) is 1. The third-order valence-corrected chi connectivity index (χ3v) is 3.64. The first-order valence-corrected chi connectivity index (χ1v) is 4.96. The van der Waals surface area contributed by atoms with Crippen molar-refractivity contribution < 1.29 is 0 Å². The predicted octanol–water partition coefficient (Wildman–Crippen LogP) is 2.48. The van der Waals surface area contributed by atoms with Crippen molar-refractivity contribution in [3.8, 4) is 0 Å². The molecule has 2 rings (SSSR count). The van der Waals surface area contributed by atoms with Gasteiger partial charge in [0, 0.05) is 11.5 Å². The van der Waals surface area contributed by atoms with Crippen molar-refractivity contribution in [3.05, 3.63) is 23.8 Å². The molecule has 10 heavy (non-hydrogen) atoms. The molecule has 2 atom stereocenters. The number of rotatable bonds is 0. The lowest BCUT2D eigenvalue weighted by Crippen LogP contribution is -2.13. The van der Waals surface area contributed by atoms with Crippen LogP contribution >= 0.6 is 11.8 Å². The number of hydrogen-bond donors (Lipinski definition) is 0. The van der Waals surface area contributed by atoms with Crippen LogP contribution in [-0.4, -0.2) is 11.5 Å². The first kappa shape index (κ1) is 6.53. The van der Waals surface area contributed by atoms with E-state index in [-0.39, 0.29) is 0 Å². The van der Waals surface area contributed by atoms with Crippen molar-refractivity contribution >= 4 is 11.8 Å². The second kappa shape index (κ2) is 2.46. The Hall–Kier alpha value is -0.170. The van der Waals surface area contributed by atoms with E-state index < -0.39 is 0 Å². The lowest BCUT2D eigenvalue weighted by molar-refractivity contribution is 0.562. The Kier molecular flexibility index (Phi) is 1.61. The van der Waals surface area contributed by atoms with Gasteiger partial charge in [0.2, 0.25) is 0 Å². The van der Waals surface area contributed by atoms with Gasteiger partial charge in [0.1, 0.15) is 0 Å². The summed E-state index contributed by atoms with van der Waals surface area (Å²) in [6.45, 7) is 2.26. The molecular formula is C9H12S. The molecule has 0 saturated carbocycles. The maximum absolute atomic E-state index is 2.36. The quantitative estimate of drug-likeness (QED) is 0.514. The molecule has 0 aromatic rings. The van der Waals surface area contributed by atoms with Crippen LogP contribution in [0.5, 0.6) is 0 Å². The first-order chi connectivity index (χ1) is 4.88. The summed E-state index contributed by atoms with van der Waals surface area (Å²) >= 11 is 2.09. The van der Waals surface area contributed by atoms with E-state index in [0.717, 1.165) is 11.8 Å². The minimum Gasteiger partial charge on any atom is -0.161 e. The van der Waals surface area contributed by atoms with Crippen molar-refractivity contribution in [2.75, 3.05) is 11.5 Å². The SMILES string of the molecule is CC1=CC=CC2CSCC12. The van der Waals surface area contributed by atoms with Crippen molar-refractivity contribution in [3.63, 3.8) is 0 Å². The van der Waals surface area contributed by atoms with Crippen LogP contribution in [0.25, 0.3) is 0 Å². The lowest BCUT2D eigenvalue weighted by atomic mass is 9.86. The Morgan fingerprint density at radius 1 is 1.50 bits per heavy atom. The van der Waals surface area contributed by atoms with Crippen LogP contribution in [0, 0.1) is 11.8 Å². The molecule has 0 bridgehead atoms. The van der Waals surface area contributed by atoms with Gasteiger partial charge >= 0.3 is 0 Å². The monoisotopic (exact) mass is 152 g/mol. The van der Waals surface area contributed by atoms with E-state index in [4.69, 9.17) is 0 Å². The largest absolute Gasteiger partial charge is 0.161 e. The van der Waals surface area contributed by atoms with E-state index in [1.165, 1.54) is 11.5 Å². The molecule has 0 aromatic heterocycles. The van der Waals surface area contributed by atoms with Gasteiger partial charge in [-0.25, -0.2) is 0 Å². The topological polar surface area (TPSA) is 0 Å². The maximum Gasteiger partial charge on any atom is 0.000441 e. The number of thioether (sulfide) groups is 1. The fraction of sp³-hybridized carbons (Fsp3) is 0.556. The highest BCUT2D eigenvalue weighted by Crippen LogP contribution is 2.37. The van der Waals surface area contributed by atoms with Gasteiger partial charge in [-0.1, -0.05) is 23.8 Å². The molecule has 0 N–H and O–H groups in total. The molecule has 1 fully saturated rings. The molecule has 1 aliphatic heterocycles. The van der Waals surface area contributed by atoms with Crippen LogP contribution in [-0.2, 0) is 0 Å². The minimum absolute atomic E-state index is 0.856. The summed E-state index contributed by atoms with van der Waals surface area (Å²) < 4.78 is 0. The molecule has 54 valence electrons. The Bertz CT molecular complexity index is 191. The summed E-state index contributed by atoms with van der Waals surface area (Å²) in [5.74, 6) is 4.41. The van der Waals surface area contributed by atoms with Gasteiger partial charge in [-0.05, 0) is 18.8 Å². The summed E-state index contributed by atoms with van der Waals surface area (Å²) in [5, 5.41) is 0. The molecule has 2 unspecified atom stereocenters. The molecule has 0 amide bonds. The summed E-state index contributed by atoms with van der Waals surface area (Å²) in [7, 11) is 0. The van der Waals surface area contributed by atoms with Crippen LogP contribution in [0.4, 0.5) is 0 Å². The second-order valence-corrected chi connectivity index (χ2v) is 4.18. The fourth-order valence-corrected chi connectivity index (χ4v) is 3.22. The van der Waals surface area contributed by atoms with E-state index >= 15 is 0 Å². The van der Waals surface area contributed by atoms with Crippen molar-refractivity contribution in [1.29, 1.82) is 0 Å². The highest BCUT2D eigenvalue weighted by atomic mass is 32.2. The average molecular weight is 152 g/mol. The van der Waals surface area contributed by atoms with E-state index in [2.05, 4.69) is 36.9 Å². The van der Waals surface area contributed by atoms with E-state index in [0.29, 0.717) is 0 Å². The van der Waals surface area contributed by atoms with E-state index in [1.807, 2.05) is 0 Å². The minimum atomic E-state index is 0.856. The van der Waals surface area contributed by atoms with Crippen molar-refractivity contribution in [1.82, 2.24) is 0 Å². The first-order valence-electron chi connectivity index (χ1n) is 3.80. The summed E-state index contributed by atoms with van der Waals surface area (Å²) in [5.41, 5.74) is 1.58. The second-order valence-electron chi connectivity index (χ2n) is 3.10. The van der Waals surface area contributed by atoms with Crippen LogP contribution in [0.2, 0.25) is 0 Å². The smallest absolute Gasteiger partial charge is 0.000441 e. The summed E-state index contributed by atoms with van der Waals surface area (Å²) in [6.07, 6.45) is 6.83. The maximum atomic E-state index is 2.36. The van der Waals surface area contributed by atoms with Gasteiger partial charge < -0.3 is 0 Å². The lowest BCUT2D eigenvalue weighted by Gasteiger charge is -2.18. The standard InChI is InChI=1S/C9H12S/c1-7-3-2-4-8-5-10-6-9(7)8/h2-4,8-9H,5-6H2,1H3. The predicted molar refractivity (Wildman–Crippen MR) is 47.2 cm³/mol. The summed E-state index contributed by atoms with van der Waals surface area (Å²) in [6, 6.07) is 0. The fourth-order valence-electron chi connectivity index (χ4n) is 1.70. The Labute approximate surface area is 66.4 Å². The molecule has 1 heteroatoms. The molecule has 2 aliphatic rings. The van der Waals surface area contributed by atoms with Crippen molar-refractivity contribution in [2.24, 2.45) is 11.8 Å². The zero-order valence-electron chi connectivity index (χ0n) is 6.21. The highest BCUT2D eigenvalue weighted by Gasteiger charge is 2.27. The van der Waals surface area contributed by atoms with Crippen LogP contribution in [0.15, 0.2) is 23.8 Å². The third kappa shape index (κ3) is 0.929. The molecule has 0 nitrogen and oxygen atoms in total. The molecule has 1 heterocycles. The van der Waals surface area contributed by atoms with Crippen LogP contribution in [0.1, 0.15) is 6.92 Å². The van der Waals surface area contributed by atoms with Gasteiger partial charge in [-0.2, -0.15) is 11.8 Å². The van der Waals surface area contributed by atoms with Gasteiger partial charge in [0.05, 0.1) is 0 Å². The number of allylic oxidation sites excluding steroid dienone is 4. The van der Waals surface area contributed by atoms with Gasteiger partial charge in [-0.3, -0.25) is 0 Å². The zero-order chi connectivity index (χ0) is 6.97. The molecule has 0 spiro atoms. The van der Waals surface area contributed by atoms with Gasteiger partial charge in [0.15, 0.2) is 0 Å². The van der Waals surface area contributed by atoms with Gasteiger partial charge in [0.25, 0.3) is 0 Å². The molecule has 0 radical (unpaired) electrons. The normalized spacial score (nSPS) is 37.5. The molecule has 1 aliphatic carbocycles. The van der Waals surface area contributed by atoms with Crippen LogP contribution in [0.3, 0.4) is 0 Å². The Balaban J connectivity index is 2.24. The zero-order valence-corrected chi connectivity index (χ0v) is 7.03. The molecule has 1 saturated heterocycles. The molecule has 0 aromatic carbocycles. The average Bonchev–Trinajstić information content (AvgIpc) is 2.36. The third-order valence-electron chi connectivity index (χ3n) is 2.43. The Morgan fingerprint density at radius 3 is 3.20 bits per heavy atom.